The van der Waals surface area contributed by atoms with Crippen LogP contribution >= 0.6 is 43.2 Å². The van der Waals surface area contributed by atoms with Gasteiger partial charge in [-0.2, -0.15) is 0 Å². The summed E-state index contributed by atoms with van der Waals surface area (Å²) in [5, 5.41) is 0. The van der Waals surface area contributed by atoms with Gasteiger partial charge in [-0.05, 0) is 57.2 Å². The van der Waals surface area contributed by atoms with Crippen LogP contribution in [-0.4, -0.2) is 9.97 Å². The molecule has 2 aromatic rings. The van der Waals surface area contributed by atoms with Crippen LogP contribution < -0.4 is 5.73 Å². The summed E-state index contributed by atoms with van der Waals surface area (Å²) in [7, 11) is 0. The Morgan fingerprint density at radius 3 is 2.76 bits per heavy atom. The van der Waals surface area contributed by atoms with Crippen molar-refractivity contribution in [1.29, 1.82) is 0 Å². The summed E-state index contributed by atoms with van der Waals surface area (Å²) in [5.41, 5.74) is 8.25. The van der Waals surface area contributed by atoms with E-state index < -0.39 is 0 Å². The lowest BCUT2D eigenvalue weighted by atomic mass is 10.2. The molecule has 0 radical (unpaired) electrons. The lowest BCUT2D eigenvalue weighted by Crippen LogP contribution is -2.02. The molecule has 0 aliphatic heterocycles. The zero-order valence-electron chi connectivity index (χ0n) is 8.83. The molecule has 2 N–H and O–H groups in total. The van der Waals surface area contributed by atoms with Gasteiger partial charge in [-0.1, -0.05) is 0 Å². The Labute approximate surface area is 120 Å². The SMILES string of the molecule is Nc1nc(-c2cc(Br)c(Br)s2)nc2c1CCC2. The number of hydrogen-bond donors (Lipinski definition) is 1. The molecule has 0 saturated heterocycles. The van der Waals surface area contributed by atoms with Crippen LogP contribution in [0.3, 0.4) is 0 Å². The first kappa shape index (κ1) is 11.6. The fourth-order valence-electron chi connectivity index (χ4n) is 2.03. The van der Waals surface area contributed by atoms with Crippen LogP contribution in [0.4, 0.5) is 5.82 Å². The van der Waals surface area contributed by atoms with E-state index in [-0.39, 0.29) is 0 Å². The van der Waals surface area contributed by atoms with Crippen LogP contribution in [0.15, 0.2) is 14.3 Å². The van der Waals surface area contributed by atoms with Gasteiger partial charge in [0.25, 0.3) is 0 Å². The van der Waals surface area contributed by atoms with Crippen molar-refractivity contribution in [3.05, 3.63) is 25.6 Å². The highest BCUT2D eigenvalue weighted by Crippen LogP contribution is 2.38. The number of thiophene rings is 1. The maximum atomic E-state index is 5.98. The number of rotatable bonds is 1. The van der Waals surface area contributed by atoms with Crippen LogP contribution in [-0.2, 0) is 12.8 Å². The van der Waals surface area contributed by atoms with Crippen molar-refractivity contribution in [2.45, 2.75) is 19.3 Å². The summed E-state index contributed by atoms with van der Waals surface area (Å²) >= 11 is 8.56. The molecule has 0 fully saturated rings. The van der Waals surface area contributed by atoms with Gasteiger partial charge in [-0.25, -0.2) is 9.97 Å². The first-order valence-electron chi connectivity index (χ1n) is 5.25. The van der Waals surface area contributed by atoms with E-state index in [1.165, 1.54) is 0 Å². The summed E-state index contributed by atoms with van der Waals surface area (Å²) in [4.78, 5) is 10.1. The second-order valence-corrected chi connectivity index (χ2v) is 7.17. The van der Waals surface area contributed by atoms with Gasteiger partial charge in [0.05, 0.1) is 8.66 Å². The maximum absolute atomic E-state index is 5.98. The van der Waals surface area contributed by atoms with Crippen molar-refractivity contribution in [1.82, 2.24) is 9.97 Å². The average Bonchev–Trinajstić information content (AvgIpc) is 2.87. The lowest BCUT2D eigenvalue weighted by Gasteiger charge is -2.04. The van der Waals surface area contributed by atoms with Crippen LogP contribution in [0.5, 0.6) is 0 Å². The van der Waals surface area contributed by atoms with Gasteiger partial charge in [0.1, 0.15) is 5.82 Å². The maximum Gasteiger partial charge on any atom is 0.171 e. The Bertz CT molecular complexity index is 575. The van der Waals surface area contributed by atoms with E-state index in [9.17, 15) is 0 Å². The molecule has 0 aromatic carbocycles. The first-order chi connectivity index (χ1) is 8.15. The molecule has 6 heteroatoms. The zero-order valence-corrected chi connectivity index (χ0v) is 12.8. The number of aryl methyl sites for hydroxylation is 1. The van der Waals surface area contributed by atoms with Gasteiger partial charge in [-0.3, -0.25) is 0 Å². The van der Waals surface area contributed by atoms with Gasteiger partial charge < -0.3 is 5.73 Å². The molecule has 2 aromatic heterocycles. The van der Waals surface area contributed by atoms with Crippen molar-refractivity contribution in [3.8, 4) is 10.7 Å². The van der Waals surface area contributed by atoms with E-state index in [1.54, 1.807) is 11.3 Å². The minimum absolute atomic E-state index is 0.642. The molecule has 0 atom stereocenters. The molecular weight excluding hydrogens is 366 g/mol. The van der Waals surface area contributed by atoms with Gasteiger partial charge in [0.2, 0.25) is 0 Å². The van der Waals surface area contributed by atoms with E-state index in [4.69, 9.17) is 5.73 Å². The van der Waals surface area contributed by atoms with Crippen molar-refractivity contribution in [2.75, 3.05) is 5.73 Å². The summed E-state index contributed by atoms with van der Waals surface area (Å²) in [6.07, 6.45) is 3.16. The Balaban J connectivity index is 2.13. The Kier molecular flexibility index (Phi) is 2.96. The molecule has 1 aliphatic rings. The lowest BCUT2D eigenvalue weighted by molar-refractivity contribution is 0.900. The number of fused-ring (bicyclic) bond motifs is 1. The third-order valence-electron chi connectivity index (χ3n) is 2.83. The second-order valence-electron chi connectivity index (χ2n) is 3.94. The predicted octanol–water partition coefficient (Wildman–Crippen LogP) is 3.80. The monoisotopic (exact) mass is 373 g/mol. The summed E-state index contributed by atoms with van der Waals surface area (Å²) in [5.74, 6) is 1.38. The Hall–Kier alpha value is -0.460. The molecule has 17 heavy (non-hydrogen) atoms. The Morgan fingerprint density at radius 2 is 2.06 bits per heavy atom. The highest BCUT2D eigenvalue weighted by molar-refractivity contribution is 9.13. The molecule has 0 unspecified atom stereocenters. The summed E-state index contributed by atoms with van der Waals surface area (Å²) in [6, 6.07) is 2.02. The van der Waals surface area contributed by atoms with E-state index in [1.807, 2.05) is 6.07 Å². The number of hydrogen-bond acceptors (Lipinski definition) is 4. The number of aromatic nitrogens is 2. The number of anilines is 1. The zero-order chi connectivity index (χ0) is 12.0. The molecule has 3 nitrogen and oxygen atoms in total. The Morgan fingerprint density at radius 1 is 1.24 bits per heavy atom. The van der Waals surface area contributed by atoms with Crippen LogP contribution in [0.2, 0.25) is 0 Å². The molecule has 0 bridgehead atoms. The van der Waals surface area contributed by atoms with Crippen LogP contribution in [0, 0.1) is 0 Å². The molecule has 3 rings (SSSR count). The number of nitrogens with two attached hydrogens (primary N) is 1. The highest BCUT2D eigenvalue weighted by Gasteiger charge is 2.19. The minimum Gasteiger partial charge on any atom is -0.383 e. The quantitative estimate of drug-likeness (QED) is 0.825. The van der Waals surface area contributed by atoms with E-state index in [2.05, 4.69) is 41.8 Å². The van der Waals surface area contributed by atoms with Crippen molar-refractivity contribution < 1.29 is 0 Å². The molecular formula is C11H9Br2N3S. The third-order valence-corrected chi connectivity index (χ3v) is 6.08. The second kappa shape index (κ2) is 4.33. The predicted molar refractivity (Wildman–Crippen MR) is 77.2 cm³/mol. The minimum atomic E-state index is 0.642. The van der Waals surface area contributed by atoms with Crippen molar-refractivity contribution in [3.63, 3.8) is 0 Å². The third kappa shape index (κ3) is 2.02. The van der Waals surface area contributed by atoms with Gasteiger partial charge >= 0.3 is 0 Å². The average molecular weight is 375 g/mol. The largest absolute Gasteiger partial charge is 0.383 e. The van der Waals surface area contributed by atoms with Crippen LogP contribution in [0.1, 0.15) is 17.7 Å². The van der Waals surface area contributed by atoms with Gasteiger partial charge in [-0.15, -0.1) is 11.3 Å². The smallest absolute Gasteiger partial charge is 0.171 e. The summed E-state index contributed by atoms with van der Waals surface area (Å²) in [6.45, 7) is 0. The summed E-state index contributed by atoms with van der Waals surface area (Å²) < 4.78 is 2.08. The molecule has 1 aliphatic carbocycles. The molecule has 2 heterocycles. The van der Waals surface area contributed by atoms with Gasteiger partial charge in [0.15, 0.2) is 5.82 Å². The fourth-order valence-corrected chi connectivity index (χ4v) is 4.00. The van der Waals surface area contributed by atoms with Gasteiger partial charge in [0, 0.05) is 15.7 Å². The normalized spacial score (nSPS) is 14.0. The highest BCUT2D eigenvalue weighted by atomic mass is 79.9. The number of nitrogens with zero attached hydrogens (tertiary/aromatic N) is 2. The van der Waals surface area contributed by atoms with Crippen molar-refractivity contribution in [2.24, 2.45) is 0 Å². The number of nitrogen functional groups attached to an aromatic ring is 1. The van der Waals surface area contributed by atoms with Crippen LogP contribution in [0.25, 0.3) is 10.7 Å². The number of halogens is 2. The molecule has 0 amide bonds. The van der Waals surface area contributed by atoms with E-state index in [0.717, 1.165) is 49.5 Å². The molecule has 88 valence electrons. The topological polar surface area (TPSA) is 51.8 Å². The van der Waals surface area contributed by atoms with Crippen molar-refractivity contribution >= 4 is 49.0 Å². The molecule has 0 saturated carbocycles. The van der Waals surface area contributed by atoms with E-state index in [0.29, 0.717) is 5.82 Å². The first-order valence-corrected chi connectivity index (χ1v) is 7.66. The molecule has 0 spiro atoms. The van der Waals surface area contributed by atoms with E-state index >= 15 is 0 Å². The standard InChI is InChI=1S/C11H9Br2N3S/c12-6-4-8(17-9(6)13)11-15-7-3-1-2-5(7)10(14)16-11/h4H,1-3H2,(H2,14,15,16). The fraction of sp³-hybridized carbons (Fsp3) is 0.273.